The van der Waals surface area contributed by atoms with Crippen LogP contribution < -0.4 is 16.0 Å². The minimum Gasteiger partial charge on any atom is -0.444 e. The Hall–Kier alpha value is -2.90. The van der Waals surface area contributed by atoms with Crippen molar-refractivity contribution >= 4 is 29.4 Å². The van der Waals surface area contributed by atoms with Crippen LogP contribution in [0.15, 0.2) is 24.3 Å². The molecular weight excluding hydrogens is 362 g/mol. The molecular formula is C20H29N3O5. The van der Waals surface area contributed by atoms with E-state index in [0.717, 1.165) is 5.56 Å². The van der Waals surface area contributed by atoms with Gasteiger partial charge in [0, 0.05) is 38.0 Å². The summed E-state index contributed by atoms with van der Waals surface area (Å²) in [6, 6.07) is 7.10. The Bertz CT molecular complexity index is 710. The number of ether oxygens (including phenoxy) is 1. The number of rotatable bonds is 9. The highest BCUT2D eigenvalue weighted by Crippen LogP contribution is 2.15. The maximum absolute atomic E-state index is 12.0. The summed E-state index contributed by atoms with van der Waals surface area (Å²) in [6.45, 7) is 7.11. The number of ketones is 1. The standard InChI is InChI=1S/C20H29N3O5/c1-14(24)9-10-18(26)23-16-8-6-5-7-15(16)13-22-17(25)11-12-21-19(27)28-20(2,3)4/h5-8H,9-13H2,1-4H3,(H,21,27)(H,22,25)(H,23,26). The van der Waals surface area contributed by atoms with Gasteiger partial charge < -0.3 is 25.5 Å². The van der Waals surface area contributed by atoms with Gasteiger partial charge in [0.1, 0.15) is 11.4 Å². The Morgan fingerprint density at radius 1 is 0.929 bits per heavy atom. The van der Waals surface area contributed by atoms with E-state index in [0.29, 0.717) is 5.69 Å². The number of para-hydroxylation sites is 1. The maximum atomic E-state index is 12.0. The monoisotopic (exact) mass is 391 g/mol. The number of hydrogen-bond acceptors (Lipinski definition) is 5. The molecule has 0 aliphatic rings. The van der Waals surface area contributed by atoms with Gasteiger partial charge in [-0.3, -0.25) is 9.59 Å². The Morgan fingerprint density at radius 2 is 1.61 bits per heavy atom. The molecule has 0 unspecified atom stereocenters. The summed E-state index contributed by atoms with van der Waals surface area (Å²) in [5.41, 5.74) is 0.737. The van der Waals surface area contributed by atoms with Crippen LogP contribution >= 0.6 is 0 Å². The van der Waals surface area contributed by atoms with Crippen molar-refractivity contribution in [3.63, 3.8) is 0 Å². The molecule has 0 saturated carbocycles. The topological polar surface area (TPSA) is 114 Å². The van der Waals surface area contributed by atoms with Crippen LogP contribution in [0.1, 0.15) is 52.5 Å². The summed E-state index contributed by atoms with van der Waals surface area (Å²) in [5.74, 6) is -0.542. The summed E-state index contributed by atoms with van der Waals surface area (Å²) in [7, 11) is 0. The number of hydrogen-bond donors (Lipinski definition) is 3. The first kappa shape index (κ1) is 23.1. The molecule has 0 fully saturated rings. The Kier molecular flexibility index (Phi) is 9.14. The molecule has 0 aliphatic heterocycles. The highest BCUT2D eigenvalue weighted by atomic mass is 16.6. The average Bonchev–Trinajstić information content (AvgIpc) is 2.57. The van der Waals surface area contributed by atoms with Crippen LogP contribution in [0.2, 0.25) is 0 Å². The maximum Gasteiger partial charge on any atom is 0.407 e. The van der Waals surface area contributed by atoms with Gasteiger partial charge in [0.05, 0.1) is 0 Å². The van der Waals surface area contributed by atoms with Gasteiger partial charge in [0.2, 0.25) is 11.8 Å². The number of anilines is 1. The first-order valence-corrected chi connectivity index (χ1v) is 9.17. The second-order valence-corrected chi connectivity index (χ2v) is 7.36. The van der Waals surface area contributed by atoms with E-state index in [1.165, 1.54) is 6.92 Å². The Morgan fingerprint density at radius 3 is 2.25 bits per heavy atom. The molecule has 0 bridgehead atoms. The minimum atomic E-state index is -0.592. The first-order chi connectivity index (χ1) is 13.1. The second-order valence-electron chi connectivity index (χ2n) is 7.36. The van der Waals surface area contributed by atoms with Gasteiger partial charge in [0.15, 0.2) is 0 Å². The smallest absolute Gasteiger partial charge is 0.407 e. The van der Waals surface area contributed by atoms with Crippen LogP contribution in [-0.2, 0) is 25.7 Å². The Balaban J connectivity index is 2.43. The highest BCUT2D eigenvalue weighted by molar-refractivity contribution is 5.93. The third kappa shape index (κ3) is 10.3. The van der Waals surface area contributed by atoms with Gasteiger partial charge in [-0.05, 0) is 39.3 Å². The van der Waals surface area contributed by atoms with Crippen LogP contribution in [0.25, 0.3) is 0 Å². The molecule has 0 aliphatic carbocycles. The van der Waals surface area contributed by atoms with Gasteiger partial charge in [-0.25, -0.2) is 4.79 Å². The van der Waals surface area contributed by atoms with Crippen molar-refractivity contribution in [2.24, 2.45) is 0 Å². The molecule has 154 valence electrons. The van der Waals surface area contributed by atoms with Crippen molar-refractivity contribution < 1.29 is 23.9 Å². The molecule has 8 nitrogen and oxygen atoms in total. The van der Waals surface area contributed by atoms with Gasteiger partial charge in [-0.2, -0.15) is 0 Å². The number of amides is 3. The predicted octanol–water partition coefficient (Wildman–Crippen LogP) is 2.53. The lowest BCUT2D eigenvalue weighted by atomic mass is 10.1. The number of nitrogens with one attached hydrogen (secondary N) is 3. The van der Waals surface area contributed by atoms with E-state index >= 15 is 0 Å². The summed E-state index contributed by atoms with van der Waals surface area (Å²) in [4.78, 5) is 46.4. The zero-order chi connectivity index (χ0) is 21.2. The molecule has 1 aromatic carbocycles. The van der Waals surface area contributed by atoms with Crippen molar-refractivity contribution in [2.45, 2.75) is 59.1 Å². The van der Waals surface area contributed by atoms with Crippen molar-refractivity contribution in [3.8, 4) is 0 Å². The quantitative estimate of drug-likeness (QED) is 0.599. The van der Waals surface area contributed by atoms with Crippen molar-refractivity contribution in [1.29, 1.82) is 0 Å². The van der Waals surface area contributed by atoms with Crippen LogP contribution in [-0.4, -0.2) is 35.8 Å². The summed E-state index contributed by atoms with van der Waals surface area (Å²) < 4.78 is 5.09. The highest BCUT2D eigenvalue weighted by Gasteiger charge is 2.16. The van der Waals surface area contributed by atoms with Gasteiger partial charge >= 0.3 is 6.09 Å². The van der Waals surface area contributed by atoms with Crippen LogP contribution in [0, 0.1) is 0 Å². The largest absolute Gasteiger partial charge is 0.444 e. The summed E-state index contributed by atoms with van der Waals surface area (Å²) in [6.07, 6.45) is -0.160. The van der Waals surface area contributed by atoms with Crippen LogP contribution in [0.3, 0.4) is 0 Å². The van der Waals surface area contributed by atoms with E-state index in [9.17, 15) is 19.2 Å². The first-order valence-electron chi connectivity index (χ1n) is 9.17. The third-order valence-electron chi connectivity index (χ3n) is 3.49. The number of carbonyl (C=O) groups is 4. The zero-order valence-electron chi connectivity index (χ0n) is 16.9. The predicted molar refractivity (Wildman–Crippen MR) is 106 cm³/mol. The van der Waals surface area contributed by atoms with E-state index in [1.807, 2.05) is 0 Å². The second kappa shape index (κ2) is 11.1. The molecule has 28 heavy (non-hydrogen) atoms. The SMILES string of the molecule is CC(=O)CCC(=O)Nc1ccccc1CNC(=O)CCNC(=O)OC(C)(C)C. The number of alkyl carbamates (subject to hydrolysis) is 1. The zero-order valence-corrected chi connectivity index (χ0v) is 16.9. The van der Waals surface area contributed by atoms with E-state index in [1.54, 1.807) is 45.0 Å². The third-order valence-corrected chi connectivity index (χ3v) is 3.49. The van der Waals surface area contributed by atoms with E-state index in [2.05, 4.69) is 16.0 Å². The van der Waals surface area contributed by atoms with Crippen molar-refractivity contribution in [3.05, 3.63) is 29.8 Å². The minimum absolute atomic E-state index is 0.0457. The van der Waals surface area contributed by atoms with Gasteiger partial charge in [-0.1, -0.05) is 18.2 Å². The van der Waals surface area contributed by atoms with Crippen LogP contribution in [0.5, 0.6) is 0 Å². The molecule has 0 saturated heterocycles. The fraction of sp³-hybridized carbons (Fsp3) is 0.500. The van der Waals surface area contributed by atoms with E-state index in [-0.39, 0.29) is 49.9 Å². The number of Topliss-reactive ketones (excluding diaryl/α,β-unsaturated/α-hetero) is 1. The molecule has 1 aromatic rings. The summed E-state index contributed by atoms with van der Waals surface area (Å²) in [5, 5.41) is 8.02. The lowest BCUT2D eigenvalue weighted by Gasteiger charge is -2.19. The fourth-order valence-electron chi connectivity index (χ4n) is 2.17. The molecule has 0 heterocycles. The average molecular weight is 391 g/mol. The number of benzene rings is 1. The molecule has 1 rings (SSSR count). The molecule has 8 heteroatoms. The van der Waals surface area contributed by atoms with Crippen molar-refractivity contribution in [2.75, 3.05) is 11.9 Å². The van der Waals surface area contributed by atoms with Crippen LogP contribution in [0.4, 0.5) is 10.5 Å². The van der Waals surface area contributed by atoms with Gasteiger partial charge in [-0.15, -0.1) is 0 Å². The molecule has 0 radical (unpaired) electrons. The molecule has 0 aromatic heterocycles. The normalized spacial score (nSPS) is 10.7. The molecule has 3 N–H and O–H groups in total. The molecule has 0 spiro atoms. The lowest BCUT2D eigenvalue weighted by Crippen LogP contribution is -2.35. The van der Waals surface area contributed by atoms with Gasteiger partial charge in [0.25, 0.3) is 0 Å². The molecule has 3 amide bonds. The summed E-state index contributed by atoms with van der Waals surface area (Å²) >= 11 is 0. The number of carbonyl (C=O) groups excluding carboxylic acids is 4. The lowest BCUT2D eigenvalue weighted by molar-refractivity contribution is -0.121. The van der Waals surface area contributed by atoms with E-state index < -0.39 is 11.7 Å². The van der Waals surface area contributed by atoms with Crippen molar-refractivity contribution in [1.82, 2.24) is 10.6 Å². The molecule has 0 atom stereocenters. The van der Waals surface area contributed by atoms with E-state index in [4.69, 9.17) is 4.74 Å². The fourth-order valence-corrected chi connectivity index (χ4v) is 2.17. The Labute approximate surface area is 165 Å².